The zero-order chi connectivity index (χ0) is 23.4. The molecule has 0 bridgehead atoms. The molecule has 0 radical (unpaired) electrons. The van der Waals surface area contributed by atoms with Crippen molar-refractivity contribution in [3.8, 4) is 0 Å². The fraction of sp³-hybridized carbons (Fsp3) is 0.810. The van der Waals surface area contributed by atoms with E-state index in [9.17, 15) is 30.6 Å². The molecule has 2 aliphatic rings. The Morgan fingerprint density at radius 1 is 1.19 bits per heavy atom. The van der Waals surface area contributed by atoms with Gasteiger partial charge in [-0.3, -0.25) is 0 Å². The quantitative estimate of drug-likeness (QED) is 0.228. The van der Waals surface area contributed by atoms with Crippen molar-refractivity contribution in [1.29, 1.82) is 0 Å². The number of ether oxygens (including phenoxy) is 4. The van der Waals surface area contributed by atoms with Gasteiger partial charge in [-0.2, -0.15) is 0 Å². The highest BCUT2D eigenvalue weighted by atomic mass is 16.8. The molecule has 9 unspecified atom stereocenters. The molecule has 0 aromatic carbocycles. The van der Waals surface area contributed by atoms with Crippen molar-refractivity contribution in [3.05, 3.63) is 24.3 Å². The Kier molecular flexibility index (Phi) is 9.17. The molecule has 2 saturated heterocycles. The van der Waals surface area contributed by atoms with Gasteiger partial charge < -0.3 is 49.6 Å². The second-order valence-corrected chi connectivity index (χ2v) is 8.65. The monoisotopic (exact) mass is 448 g/mol. The van der Waals surface area contributed by atoms with E-state index < -0.39 is 67.5 Å². The van der Waals surface area contributed by atoms with Crippen molar-refractivity contribution in [2.45, 2.75) is 87.9 Å². The molecule has 2 rings (SSSR count). The van der Waals surface area contributed by atoms with E-state index in [1.54, 1.807) is 13.0 Å². The predicted molar refractivity (Wildman–Crippen MR) is 109 cm³/mol. The Hall–Kier alpha value is -0.920. The van der Waals surface area contributed by atoms with Gasteiger partial charge in [-0.25, -0.2) is 0 Å². The summed E-state index contributed by atoms with van der Waals surface area (Å²) in [6, 6.07) is 0. The van der Waals surface area contributed by atoms with Gasteiger partial charge in [-0.15, -0.1) is 6.58 Å². The van der Waals surface area contributed by atoms with Crippen molar-refractivity contribution in [2.75, 3.05) is 19.8 Å². The summed E-state index contributed by atoms with van der Waals surface area (Å²) in [5.74, 6) is 0. The maximum atomic E-state index is 10.6. The summed E-state index contributed by atoms with van der Waals surface area (Å²) in [5.41, 5.74) is -1.68. The second kappa shape index (κ2) is 10.8. The minimum atomic E-state index is -1.92. The van der Waals surface area contributed by atoms with E-state index in [4.69, 9.17) is 18.9 Å². The molecule has 2 aliphatic heterocycles. The average molecular weight is 449 g/mol. The lowest BCUT2D eigenvalue weighted by Crippen LogP contribution is -2.62. The third-order valence-corrected chi connectivity index (χ3v) is 5.71. The Morgan fingerprint density at radius 2 is 1.87 bits per heavy atom. The van der Waals surface area contributed by atoms with Crippen LogP contribution in [0.15, 0.2) is 24.3 Å². The highest BCUT2D eigenvalue weighted by Crippen LogP contribution is 2.34. The number of hydrogen-bond acceptors (Lipinski definition) is 10. The predicted octanol–water partition coefficient (Wildman–Crippen LogP) is -1.04. The number of hydrogen-bond donors (Lipinski definition) is 6. The van der Waals surface area contributed by atoms with Crippen LogP contribution < -0.4 is 0 Å². The van der Waals surface area contributed by atoms with Crippen LogP contribution >= 0.6 is 0 Å². The third-order valence-electron chi connectivity index (χ3n) is 5.71. The maximum Gasteiger partial charge on any atom is 0.188 e. The number of allylic oxidation sites excluding steroid dienone is 2. The Labute approximate surface area is 182 Å². The fourth-order valence-corrected chi connectivity index (χ4v) is 3.48. The molecule has 6 N–H and O–H groups in total. The highest BCUT2D eigenvalue weighted by molar-refractivity contribution is 5.01. The topological polar surface area (TPSA) is 158 Å². The lowest BCUT2D eigenvalue weighted by molar-refractivity contribution is -0.349. The normalized spacial score (nSPS) is 40.4. The van der Waals surface area contributed by atoms with Crippen LogP contribution in [0.5, 0.6) is 0 Å². The molecule has 0 aliphatic carbocycles. The van der Waals surface area contributed by atoms with Crippen LogP contribution in [0.4, 0.5) is 0 Å². The molecule has 2 heterocycles. The van der Waals surface area contributed by atoms with Gasteiger partial charge in [0.2, 0.25) is 0 Å². The van der Waals surface area contributed by atoms with E-state index in [1.165, 1.54) is 0 Å². The van der Waals surface area contributed by atoms with Crippen LogP contribution in [0.3, 0.4) is 0 Å². The van der Waals surface area contributed by atoms with Crippen LogP contribution in [-0.4, -0.2) is 105 Å². The molecule has 9 atom stereocenters. The largest absolute Gasteiger partial charge is 0.394 e. The molecule has 31 heavy (non-hydrogen) atoms. The molecule has 0 amide bonds. The van der Waals surface area contributed by atoms with Crippen LogP contribution in [0.2, 0.25) is 0 Å². The van der Waals surface area contributed by atoms with Crippen LogP contribution in [0, 0.1) is 0 Å². The number of aliphatic hydroxyl groups is 6. The van der Waals surface area contributed by atoms with Gasteiger partial charge in [0.25, 0.3) is 0 Å². The zero-order valence-corrected chi connectivity index (χ0v) is 18.3. The van der Waals surface area contributed by atoms with Crippen molar-refractivity contribution in [2.24, 2.45) is 0 Å². The molecule has 0 saturated carbocycles. The summed E-state index contributed by atoms with van der Waals surface area (Å²) in [5, 5.41) is 60.2. The van der Waals surface area contributed by atoms with E-state index in [0.29, 0.717) is 12.8 Å². The lowest BCUT2D eigenvalue weighted by atomic mass is 9.96. The summed E-state index contributed by atoms with van der Waals surface area (Å²) < 4.78 is 22.6. The Balaban J connectivity index is 2.21. The van der Waals surface area contributed by atoms with Crippen molar-refractivity contribution in [1.82, 2.24) is 0 Å². The zero-order valence-electron chi connectivity index (χ0n) is 18.3. The van der Waals surface area contributed by atoms with E-state index in [1.807, 2.05) is 19.9 Å². The van der Waals surface area contributed by atoms with E-state index in [2.05, 4.69) is 6.58 Å². The van der Waals surface area contributed by atoms with Gasteiger partial charge in [-0.05, 0) is 33.6 Å². The Morgan fingerprint density at radius 3 is 2.39 bits per heavy atom. The third kappa shape index (κ3) is 6.11. The number of aliphatic hydroxyl groups excluding tert-OH is 5. The Bertz CT molecular complexity index is 623. The van der Waals surface area contributed by atoms with Crippen LogP contribution in [-0.2, 0) is 18.9 Å². The van der Waals surface area contributed by atoms with Crippen molar-refractivity contribution in [3.63, 3.8) is 0 Å². The summed E-state index contributed by atoms with van der Waals surface area (Å²) in [6.07, 6.45) is -4.95. The molecular formula is C21H36O10. The minimum Gasteiger partial charge on any atom is -0.394 e. The van der Waals surface area contributed by atoms with Crippen molar-refractivity contribution >= 4 is 0 Å². The highest BCUT2D eigenvalue weighted by Gasteiger charge is 2.53. The molecular weight excluding hydrogens is 412 g/mol. The maximum absolute atomic E-state index is 10.6. The summed E-state index contributed by atoms with van der Waals surface area (Å²) in [4.78, 5) is 0. The van der Waals surface area contributed by atoms with Crippen LogP contribution in [0.1, 0.15) is 33.6 Å². The molecule has 180 valence electrons. The molecule has 0 aromatic rings. The van der Waals surface area contributed by atoms with Gasteiger partial charge in [0, 0.05) is 0 Å². The summed E-state index contributed by atoms with van der Waals surface area (Å²) in [7, 11) is 0. The SMILES string of the molecule is C=CC(C)(CCC=C(C)C)OC1OC(CO)C(O)C(O)C1OC1OCC(O)(CO)C1O. The van der Waals surface area contributed by atoms with Crippen LogP contribution in [0.25, 0.3) is 0 Å². The number of rotatable bonds is 10. The molecule has 0 aromatic heterocycles. The molecule has 2 fully saturated rings. The van der Waals surface area contributed by atoms with Gasteiger partial charge in [-0.1, -0.05) is 17.7 Å². The van der Waals surface area contributed by atoms with Gasteiger partial charge in [0.05, 0.1) is 25.4 Å². The standard InChI is InChI=1S/C21H36O10/c1-5-20(4,8-6-7-12(2)3)31-18-16(15(25)14(24)13(9-22)29-18)30-19-17(26)21(27,10-23)11-28-19/h5,7,13-19,22-27H,1,6,8-11H2,2-4H3. The minimum absolute atomic E-state index is 0.389. The van der Waals surface area contributed by atoms with Gasteiger partial charge >= 0.3 is 0 Å². The molecule has 0 spiro atoms. The first-order chi connectivity index (χ1) is 14.5. The molecule has 10 heteroatoms. The smallest absolute Gasteiger partial charge is 0.188 e. The van der Waals surface area contributed by atoms with Gasteiger partial charge in [0.1, 0.15) is 36.1 Å². The van der Waals surface area contributed by atoms with Crippen molar-refractivity contribution < 1.29 is 49.6 Å². The van der Waals surface area contributed by atoms with E-state index >= 15 is 0 Å². The van der Waals surface area contributed by atoms with Gasteiger partial charge in [0.15, 0.2) is 12.6 Å². The van der Waals surface area contributed by atoms with E-state index in [0.717, 1.165) is 5.57 Å². The second-order valence-electron chi connectivity index (χ2n) is 8.65. The molecule has 10 nitrogen and oxygen atoms in total. The summed E-state index contributed by atoms with van der Waals surface area (Å²) >= 11 is 0. The first-order valence-corrected chi connectivity index (χ1v) is 10.4. The summed E-state index contributed by atoms with van der Waals surface area (Å²) in [6.45, 7) is 7.82. The average Bonchev–Trinajstić information content (AvgIpc) is 3.02. The lowest BCUT2D eigenvalue weighted by Gasteiger charge is -2.45. The van der Waals surface area contributed by atoms with E-state index in [-0.39, 0.29) is 6.61 Å². The fourth-order valence-electron chi connectivity index (χ4n) is 3.48. The first-order valence-electron chi connectivity index (χ1n) is 10.4. The first kappa shape index (κ1) is 26.3.